The van der Waals surface area contributed by atoms with Crippen molar-refractivity contribution in [1.29, 1.82) is 5.26 Å². The quantitative estimate of drug-likeness (QED) is 0.835. The molecule has 0 fully saturated rings. The van der Waals surface area contributed by atoms with Crippen LogP contribution in [0.1, 0.15) is 29.3 Å². The third kappa shape index (κ3) is 4.02. The molecule has 22 heavy (non-hydrogen) atoms. The average Bonchev–Trinajstić information content (AvgIpc) is 2.82. The van der Waals surface area contributed by atoms with E-state index in [2.05, 4.69) is 23.0 Å². The van der Waals surface area contributed by atoms with Crippen molar-refractivity contribution in [1.82, 2.24) is 0 Å². The van der Waals surface area contributed by atoms with Crippen LogP contribution in [0.25, 0.3) is 0 Å². The topological polar surface area (TPSA) is 79.2 Å². The third-order valence-electron chi connectivity index (χ3n) is 3.56. The zero-order valence-corrected chi connectivity index (χ0v) is 14.2. The van der Waals surface area contributed by atoms with Gasteiger partial charge < -0.3 is 10.1 Å². The summed E-state index contributed by atoms with van der Waals surface area (Å²) in [6.45, 7) is 2.20. The van der Waals surface area contributed by atoms with E-state index < -0.39 is 0 Å². The summed E-state index contributed by atoms with van der Waals surface area (Å²) in [5, 5.41) is 12.8. The molecule has 0 radical (unpaired) electrons. The number of rotatable bonds is 5. The fourth-order valence-electron chi connectivity index (χ4n) is 2.41. The molecule has 1 atom stereocenters. The summed E-state index contributed by atoms with van der Waals surface area (Å²) in [7, 11) is 1.32. The second kappa shape index (κ2) is 7.65. The number of amides is 1. The van der Waals surface area contributed by atoms with Gasteiger partial charge in [-0.1, -0.05) is 6.92 Å². The van der Waals surface area contributed by atoms with Crippen LogP contribution >= 0.6 is 23.1 Å². The predicted octanol–water partition coefficient (Wildman–Crippen LogP) is 2.59. The zero-order valence-electron chi connectivity index (χ0n) is 12.6. The van der Waals surface area contributed by atoms with E-state index in [1.54, 1.807) is 0 Å². The Balaban J connectivity index is 1.99. The molecule has 1 aromatic rings. The molecule has 1 amide bonds. The van der Waals surface area contributed by atoms with Gasteiger partial charge in [-0.25, -0.2) is 0 Å². The van der Waals surface area contributed by atoms with Gasteiger partial charge in [-0.05, 0) is 30.7 Å². The summed E-state index contributed by atoms with van der Waals surface area (Å²) in [5.74, 6) is 0.386. The van der Waals surface area contributed by atoms with E-state index >= 15 is 0 Å². The number of anilines is 1. The second-order valence-corrected chi connectivity index (χ2v) is 7.38. The summed E-state index contributed by atoms with van der Waals surface area (Å²) in [6.07, 6.45) is 2.96. The Hall–Kier alpha value is -1.52. The molecule has 118 valence electrons. The number of nitrogens with zero attached hydrogens (tertiary/aromatic N) is 1. The van der Waals surface area contributed by atoms with Crippen molar-refractivity contribution >= 4 is 40.0 Å². The fourth-order valence-corrected chi connectivity index (χ4v) is 4.43. The van der Waals surface area contributed by atoms with E-state index in [4.69, 9.17) is 0 Å². The first-order valence-corrected chi connectivity index (χ1v) is 9.01. The van der Waals surface area contributed by atoms with E-state index in [1.807, 2.05) is 0 Å². The lowest BCUT2D eigenvalue weighted by Gasteiger charge is -2.17. The van der Waals surface area contributed by atoms with Gasteiger partial charge in [0.15, 0.2) is 0 Å². The summed E-state index contributed by atoms with van der Waals surface area (Å²) >= 11 is 2.70. The van der Waals surface area contributed by atoms with Gasteiger partial charge in [0, 0.05) is 4.88 Å². The van der Waals surface area contributed by atoms with Gasteiger partial charge >= 0.3 is 5.97 Å². The molecule has 0 saturated carbocycles. The lowest BCUT2D eigenvalue weighted by molar-refractivity contribution is -0.137. The van der Waals surface area contributed by atoms with E-state index in [9.17, 15) is 14.9 Å². The smallest absolute Gasteiger partial charge is 0.315 e. The van der Waals surface area contributed by atoms with Crippen molar-refractivity contribution < 1.29 is 14.3 Å². The first kappa shape index (κ1) is 16.8. The Morgan fingerprint density at radius 2 is 2.27 bits per heavy atom. The lowest BCUT2D eigenvalue weighted by Crippen LogP contribution is -2.15. The minimum atomic E-state index is -0.351. The Bertz CT molecular complexity index is 619. The minimum absolute atomic E-state index is 0.146. The first-order chi connectivity index (χ1) is 10.5. The molecule has 0 saturated heterocycles. The first-order valence-electron chi connectivity index (χ1n) is 7.04. The SMILES string of the molecule is COC(=O)CSCC(=O)Nc1sc2c(c1C#N)CCC(C)C2. The maximum Gasteiger partial charge on any atom is 0.315 e. The summed E-state index contributed by atoms with van der Waals surface area (Å²) in [4.78, 5) is 24.2. The van der Waals surface area contributed by atoms with Gasteiger partial charge in [0.25, 0.3) is 0 Å². The minimum Gasteiger partial charge on any atom is -0.468 e. The third-order valence-corrected chi connectivity index (χ3v) is 5.63. The monoisotopic (exact) mass is 338 g/mol. The normalized spacial score (nSPS) is 16.5. The molecule has 1 heterocycles. The molecular weight excluding hydrogens is 320 g/mol. The number of thioether (sulfide) groups is 1. The fraction of sp³-hybridized carbons (Fsp3) is 0.533. The molecule has 0 spiro atoms. The number of methoxy groups -OCH3 is 1. The Morgan fingerprint density at radius 3 is 2.95 bits per heavy atom. The highest BCUT2D eigenvalue weighted by molar-refractivity contribution is 8.00. The van der Waals surface area contributed by atoms with Crippen molar-refractivity contribution in [3.63, 3.8) is 0 Å². The number of hydrogen-bond acceptors (Lipinski definition) is 6. The summed E-state index contributed by atoms with van der Waals surface area (Å²) in [6, 6.07) is 2.22. The van der Waals surface area contributed by atoms with Crippen LogP contribution in [0.15, 0.2) is 0 Å². The van der Waals surface area contributed by atoms with Crippen LogP contribution in [0.5, 0.6) is 0 Å². The zero-order chi connectivity index (χ0) is 16.1. The number of carbonyl (C=O) groups excluding carboxylic acids is 2. The van der Waals surface area contributed by atoms with Gasteiger partial charge in [0.05, 0.1) is 24.2 Å². The maximum atomic E-state index is 11.9. The van der Waals surface area contributed by atoms with Crippen molar-refractivity contribution in [2.24, 2.45) is 5.92 Å². The largest absolute Gasteiger partial charge is 0.468 e. The van der Waals surface area contributed by atoms with Crippen molar-refractivity contribution in [3.05, 3.63) is 16.0 Å². The van der Waals surface area contributed by atoms with Crippen molar-refractivity contribution in [2.45, 2.75) is 26.2 Å². The second-order valence-electron chi connectivity index (χ2n) is 5.28. The summed E-state index contributed by atoms with van der Waals surface area (Å²) < 4.78 is 4.52. The Labute approximate surface area is 138 Å². The number of nitrogens with one attached hydrogen (secondary N) is 1. The molecule has 1 N–H and O–H groups in total. The molecule has 0 bridgehead atoms. The van der Waals surface area contributed by atoms with E-state index in [0.29, 0.717) is 16.5 Å². The van der Waals surface area contributed by atoms with E-state index in [-0.39, 0.29) is 23.4 Å². The van der Waals surface area contributed by atoms with Gasteiger partial charge in [0.1, 0.15) is 11.1 Å². The molecular formula is C15H18N2O3S2. The van der Waals surface area contributed by atoms with Crippen LogP contribution in [0.3, 0.4) is 0 Å². The number of carbonyl (C=O) groups is 2. The van der Waals surface area contributed by atoms with Gasteiger partial charge in [-0.3, -0.25) is 9.59 Å². The van der Waals surface area contributed by atoms with Crippen LogP contribution in [0.4, 0.5) is 5.00 Å². The van der Waals surface area contributed by atoms with Crippen LogP contribution < -0.4 is 5.32 Å². The van der Waals surface area contributed by atoms with Crippen LogP contribution in [-0.2, 0) is 27.2 Å². The molecule has 2 rings (SSSR count). The lowest BCUT2D eigenvalue weighted by atomic mass is 9.89. The van der Waals surface area contributed by atoms with E-state index in [0.717, 1.165) is 24.8 Å². The standard InChI is InChI=1S/C15H18N2O3S2/c1-9-3-4-10-11(6-16)15(22-12(10)5-9)17-13(18)7-21-8-14(19)20-2/h9H,3-5,7-8H2,1-2H3,(H,17,18). The number of nitriles is 1. The number of thiophene rings is 1. The number of fused-ring (bicyclic) bond motifs is 1. The molecule has 0 aliphatic heterocycles. The van der Waals surface area contributed by atoms with Crippen molar-refractivity contribution in [2.75, 3.05) is 23.9 Å². The molecule has 0 aromatic carbocycles. The molecule has 7 heteroatoms. The predicted molar refractivity (Wildman–Crippen MR) is 88.2 cm³/mol. The molecule has 1 aliphatic carbocycles. The van der Waals surface area contributed by atoms with E-state index in [1.165, 1.54) is 35.1 Å². The molecule has 5 nitrogen and oxygen atoms in total. The van der Waals surface area contributed by atoms with Gasteiger partial charge in [0.2, 0.25) is 5.91 Å². The number of hydrogen-bond donors (Lipinski definition) is 1. The van der Waals surface area contributed by atoms with Crippen molar-refractivity contribution in [3.8, 4) is 6.07 Å². The maximum absolute atomic E-state index is 11.9. The molecule has 1 aliphatic rings. The van der Waals surface area contributed by atoms with Crippen LogP contribution in [0.2, 0.25) is 0 Å². The molecule has 1 unspecified atom stereocenters. The highest BCUT2D eigenvalue weighted by Gasteiger charge is 2.24. The number of esters is 1. The Kier molecular flexibility index (Phi) is 5.86. The Morgan fingerprint density at radius 1 is 1.50 bits per heavy atom. The summed E-state index contributed by atoms with van der Waals surface area (Å²) in [5.41, 5.74) is 1.71. The highest BCUT2D eigenvalue weighted by Crippen LogP contribution is 2.39. The number of ether oxygens (including phenoxy) is 1. The van der Waals surface area contributed by atoms with Crippen LogP contribution in [0, 0.1) is 17.2 Å². The van der Waals surface area contributed by atoms with Gasteiger partial charge in [-0.2, -0.15) is 5.26 Å². The van der Waals surface area contributed by atoms with Gasteiger partial charge in [-0.15, -0.1) is 23.1 Å². The highest BCUT2D eigenvalue weighted by atomic mass is 32.2. The van der Waals surface area contributed by atoms with Crippen LogP contribution in [-0.4, -0.2) is 30.5 Å². The molecule has 1 aromatic heterocycles. The average molecular weight is 338 g/mol.